The number of hydrogen-bond donors (Lipinski definition) is 0. The maximum Gasteiger partial charge on any atom is 1.00 e. The van der Waals surface area contributed by atoms with Gasteiger partial charge in [0, 0.05) is 29.5 Å². The summed E-state index contributed by atoms with van der Waals surface area (Å²) < 4.78 is 70.8. The number of fused-ring (bicyclic) bond motifs is 1. The van der Waals surface area contributed by atoms with E-state index in [9.17, 15) is 25.9 Å². The van der Waals surface area contributed by atoms with E-state index in [2.05, 4.69) is 20.5 Å². The molecule has 0 aliphatic carbocycles. The van der Waals surface area contributed by atoms with Crippen LogP contribution in [-0.2, 0) is 26.8 Å². The van der Waals surface area contributed by atoms with Crippen molar-refractivity contribution in [3.63, 3.8) is 0 Å². The number of benzene rings is 5. The Morgan fingerprint density at radius 3 is 1.76 bits per heavy atom. The molecule has 0 radical (unpaired) electrons. The fourth-order valence-corrected chi connectivity index (χ4v) is 5.67. The molecule has 5 aromatic carbocycles. The zero-order chi connectivity index (χ0) is 31.3. The molecule has 0 aliphatic rings. The molecular weight excluding hydrogens is 648 g/mol. The molecule has 0 aliphatic heterocycles. The number of hydrogen-bond acceptors (Lipinski definition) is 11. The molecule has 0 fully saturated rings. The van der Waals surface area contributed by atoms with Gasteiger partial charge in [-0.2, -0.15) is 5.11 Å². The molecule has 5 rings (SSSR count). The first-order valence-corrected chi connectivity index (χ1v) is 16.1. The molecule has 0 spiro atoms. The zero-order valence-corrected chi connectivity index (χ0v) is 30.9. The van der Waals surface area contributed by atoms with E-state index in [0.717, 1.165) is 11.6 Å². The van der Waals surface area contributed by atoms with E-state index < -0.39 is 30.0 Å². The van der Waals surface area contributed by atoms with Gasteiger partial charge in [-0.25, -0.2) is 16.8 Å². The van der Waals surface area contributed by atoms with Crippen molar-refractivity contribution in [2.75, 3.05) is 11.4 Å². The zero-order valence-electron chi connectivity index (χ0n) is 25.3. The quantitative estimate of drug-likeness (QED) is 0.123. The smallest absolute Gasteiger partial charge is 0.744 e. The molecular formula is C31H25N5Na2O6S2. The van der Waals surface area contributed by atoms with Crippen LogP contribution in [0.25, 0.3) is 10.8 Å². The van der Waals surface area contributed by atoms with Gasteiger partial charge in [-0.3, -0.25) is 0 Å². The van der Waals surface area contributed by atoms with Gasteiger partial charge in [0.2, 0.25) is 0 Å². The number of rotatable bonds is 10. The van der Waals surface area contributed by atoms with E-state index in [1.165, 1.54) is 30.3 Å². The maximum absolute atomic E-state index is 12.3. The Bertz CT molecular complexity index is 2110. The van der Waals surface area contributed by atoms with Gasteiger partial charge in [0.15, 0.2) is 0 Å². The minimum atomic E-state index is -4.89. The summed E-state index contributed by atoms with van der Waals surface area (Å²) >= 11 is 0. The summed E-state index contributed by atoms with van der Waals surface area (Å²) in [7, 11) is -9.53. The Hall–Kier alpha value is -2.82. The summed E-state index contributed by atoms with van der Waals surface area (Å²) in [5.41, 5.74) is 2.49. The predicted octanol–water partition coefficient (Wildman–Crippen LogP) is 1.51. The van der Waals surface area contributed by atoms with E-state index in [4.69, 9.17) is 0 Å². The van der Waals surface area contributed by atoms with Gasteiger partial charge in [0.25, 0.3) is 0 Å². The van der Waals surface area contributed by atoms with E-state index >= 15 is 0 Å². The van der Waals surface area contributed by atoms with Crippen LogP contribution in [0.5, 0.6) is 0 Å². The van der Waals surface area contributed by atoms with Crippen molar-refractivity contribution < 1.29 is 85.1 Å². The van der Waals surface area contributed by atoms with E-state index in [1.54, 1.807) is 42.5 Å². The van der Waals surface area contributed by atoms with Crippen LogP contribution in [-0.4, -0.2) is 32.5 Å². The van der Waals surface area contributed by atoms with Gasteiger partial charge < -0.3 is 14.0 Å². The second kappa shape index (κ2) is 16.3. The summed E-state index contributed by atoms with van der Waals surface area (Å²) in [5.74, 6) is 0. The van der Waals surface area contributed by atoms with Crippen LogP contribution in [0, 0.1) is 0 Å². The Kier molecular flexibility index (Phi) is 13.4. The molecule has 11 nitrogen and oxygen atoms in total. The molecule has 0 aromatic heterocycles. The number of anilines is 1. The van der Waals surface area contributed by atoms with Gasteiger partial charge >= 0.3 is 59.1 Å². The molecule has 0 saturated heterocycles. The van der Waals surface area contributed by atoms with Gasteiger partial charge in [-0.1, -0.05) is 60.7 Å². The van der Waals surface area contributed by atoms with E-state index in [1.807, 2.05) is 42.2 Å². The minimum absolute atomic E-state index is 0. The summed E-state index contributed by atoms with van der Waals surface area (Å²) in [6.07, 6.45) is 0. The predicted molar refractivity (Wildman–Crippen MR) is 164 cm³/mol. The molecule has 0 unspecified atom stereocenters. The van der Waals surface area contributed by atoms with Crippen LogP contribution in [0.3, 0.4) is 0 Å². The third-order valence-electron chi connectivity index (χ3n) is 6.70. The van der Waals surface area contributed by atoms with Crippen molar-refractivity contribution in [2.24, 2.45) is 20.5 Å². The maximum atomic E-state index is 12.3. The van der Waals surface area contributed by atoms with Crippen molar-refractivity contribution in [1.29, 1.82) is 0 Å². The average Bonchev–Trinajstić information content (AvgIpc) is 3.01. The number of azo groups is 2. The van der Waals surface area contributed by atoms with Crippen LogP contribution in [0.4, 0.5) is 28.4 Å². The molecule has 0 bridgehead atoms. The van der Waals surface area contributed by atoms with Crippen molar-refractivity contribution in [3.8, 4) is 0 Å². The normalized spacial score (nSPS) is 11.8. The fourth-order valence-electron chi connectivity index (χ4n) is 4.53. The summed E-state index contributed by atoms with van der Waals surface area (Å²) in [6.45, 7) is 3.03. The Morgan fingerprint density at radius 1 is 0.609 bits per heavy atom. The Morgan fingerprint density at radius 2 is 1.17 bits per heavy atom. The van der Waals surface area contributed by atoms with Crippen LogP contribution < -0.4 is 64.0 Å². The molecule has 0 heterocycles. The average molecular weight is 674 g/mol. The third-order valence-corrected chi connectivity index (χ3v) is 8.40. The van der Waals surface area contributed by atoms with Crippen molar-refractivity contribution in [1.82, 2.24) is 0 Å². The van der Waals surface area contributed by atoms with Crippen molar-refractivity contribution in [3.05, 3.63) is 115 Å². The van der Waals surface area contributed by atoms with Crippen LogP contribution in [0.15, 0.2) is 139 Å². The van der Waals surface area contributed by atoms with E-state index in [-0.39, 0.29) is 70.5 Å². The topological polar surface area (TPSA) is 167 Å². The van der Waals surface area contributed by atoms with Crippen LogP contribution >= 0.6 is 0 Å². The first kappa shape index (κ1) is 37.6. The Balaban J connectivity index is 0.00000288. The molecule has 0 atom stereocenters. The van der Waals surface area contributed by atoms with Crippen LogP contribution in [0.1, 0.15) is 12.5 Å². The SMILES string of the molecule is CCN(Cc1ccccc1)c1ccc(N=Nc2ccc(N=Nc3cccc(S(=O)(=O)[O-])c3)c3ccccc23)c(S(=O)(=O)[O-])c1.[Na+].[Na+]. The van der Waals surface area contributed by atoms with Gasteiger partial charge in [-0.15, -0.1) is 15.3 Å². The molecule has 0 N–H and O–H groups in total. The fraction of sp³-hybridized carbons (Fsp3) is 0.0968. The van der Waals surface area contributed by atoms with Gasteiger partial charge in [0.05, 0.1) is 26.9 Å². The molecule has 46 heavy (non-hydrogen) atoms. The van der Waals surface area contributed by atoms with Crippen molar-refractivity contribution in [2.45, 2.75) is 23.3 Å². The second-order valence-corrected chi connectivity index (χ2v) is 12.3. The number of nitrogens with zero attached hydrogens (tertiary/aromatic N) is 5. The first-order chi connectivity index (χ1) is 21.0. The van der Waals surface area contributed by atoms with Gasteiger partial charge in [0.1, 0.15) is 25.9 Å². The molecule has 15 heteroatoms. The first-order valence-electron chi connectivity index (χ1n) is 13.3. The second-order valence-electron chi connectivity index (χ2n) is 9.61. The third kappa shape index (κ3) is 9.38. The summed E-state index contributed by atoms with van der Waals surface area (Å²) in [4.78, 5) is 1.05. The monoisotopic (exact) mass is 673 g/mol. The molecule has 5 aromatic rings. The summed E-state index contributed by atoms with van der Waals surface area (Å²) in [5, 5.41) is 18.0. The molecule has 0 saturated carbocycles. The van der Waals surface area contributed by atoms with Gasteiger partial charge in [-0.05, 0) is 61.0 Å². The largest absolute Gasteiger partial charge is 1.00 e. The Labute approximate surface area is 311 Å². The summed E-state index contributed by atoms with van der Waals surface area (Å²) in [6, 6.07) is 29.7. The molecule has 224 valence electrons. The van der Waals surface area contributed by atoms with Crippen molar-refractivity contribution >= 4 is 59.4 Å². The molecule has 0 amide bonds. The van der Waals surface area contributed by atoms with Crippen LogP contribution in [0.2, 0.25) is 0 Å². The minimum Gasteiger partial charge on any atom is -0.744 e. The van der Waals surface area contributed by atoms with E-state index in [0.29, 0.717) is 40.9 Å². The standard InChI is InChI=1S/C31H27N5O6S2.2Na/c1-2-36(21-22-9-4-3-5-10-22)24-15-16-30(31(20-24)44(40,41)42)35-34-29-18-17-28(26-13-6-7-14-27(26)29)33-32-23-11-8-12-25(19-23)43(37,38)39;;/h3-20H,2,21H2,1H3,(H,37,38,39)(H,40,41,42);;/q;2*+1/p-2.